The second-order valence-corrected chi connectivity index (χ2v) is 4.94. The number of nitrogens with one attached hydrogen (secondary N) is 2. The molecule has 0 aliphatic heterocycles. The lowest BCUT2D eigenvalue weighted by Gasteiger charge is -2.12. The second-order valence-electron chi connectivity index (χ2n) is 4.94. The molecule has 0 saturated heterocycles. The van der Waals surface area contributed by atoms with Crippen LogP contribution in [0.25, 0.3) is 0 Å². The van der Waals surface area contributed by atoms with Crippen LogP contribution in [0, 0.1) is 6.92 Å². The number of rotatable bonds is 3. The van der Waals surface area contributed by atoms with E-state index in [9.17, 15) is 4.79 Å². The largest absolute Gasteiger partial charge is 0.337 e. The van der Waals surface area contributed by atoms with Gasteiger partial charge in [-0.1, -0.05) is 29.4 Å². The fourth-order valence-corrected chi connectivity index (χ4v) is 2.47. The molecule has 3 rings (SSSR count). The van der Waals surface area contributed by atoms with Gasteiger partial charge in [0.05, 0.1) is 6.54 Å². The third-order valence-electron chi connectivity index (χ3n) is 3.36. The molecule has 0 atom stereocenters. The van der Waals surface area contributed by atoms with Crippen LogP contribution in [0.5, 0.6) is 0 Å². The van der Waals surface area contributed by atoms with Gasteiger partial charge >= 0.3 is 6.03 Å². The van der Waals surface area contributed by atoms with Crippen LogP contribution in [0.3, 0.4) is 0 Å². The highest BCUT2D eigenvalue weighted by Crippen LogP contribution is 2.21. The lowest BCUT2D eigenvalue weighted by Crippen LogP contribution is -2.42. The van der Waals surface area contributed by atoms with E-state index in [1.807, 2.05) is 12.1 Å². The van der Waals surface area contributed by atoms with Crippen LogP contribution in [-0.4, -0.2) is 22.2 Å². The molecule has 0 radical (unpaired) electrons. The maximum absolute atomic E-state index is 11.8. The fourth-order valence-electron chi connectivity index (χ4n) is 2.47. The van der Waals surface area contributed by atoms with Gasteiger partial charge in [-0.15, -0.1) is 0 Å². The highest BCUT2D eigenvalue weighted by atomic mass is 16.5. The van der Waals surface area contributed by atoms with Crippen molar-refractivity contribution in [3.63, 3.8) is 0 Å². The van der Waals surface area contributed by atoms with Gasteiger partial charge in [-0.3, -0.25) is 0 Å². The predicted octanol–water partition coefficient (Wildman–Crippen LogP) is 1.34. The van der Waals surface area contributed by atoms with Gasteiger partial charge < -0.3 is 15.2 Å². The van der Waals surface area contributed by atoms with E-state index in [-0.39, 0.29) is 18.6 Å². The number of aryl methyl sites for hydroxylation is 1. The topological polar surface area (TPSA) is 80.0 Å². The first-order valence-corrected chi connectivity index (χ1v) is 6.61. The summed E-state index contributed by atoms with van der Waals surface area (Å²) in [6.45, 7) is 1.98. The van der Waals surface area contributed by atoms with Crippen LogP contribution in [-0.2, 0) is 19.4 Å². The zero-order valence-corrected chi connectivity index (χ0v) is 11.2. The van der Waals surface area contributed by atoms with E-state index in [4.69, 9.17) is 4.52 Å². The monoisotopic (exact) mass is 272 g/mol. The Labute approximate surface area is 116 Å². The molecule has 104 valence electrons. The highest BCUT2D eigenvalue weighted by Gasteiger charge is 2.22. The maximum atomic E-state index is 11.8. The first kappa shape index (κ1) is 12.7. The molecule has 1 aromatic carbocycles. The van der Waals surface area contributed by atoms with Crippen molar-refractivity contribution in [2.75, 3.05) is 0 Å². The number of hydrogen-bond donors (Lipinski definition) is 2. The van der Waals surface area contributed by atoms with Crippen molar-refractivity contribution in [2.45, 2.75) is 32.4 Å². The number of nitrogens with zero attached hydrogens (tertiary/aromatic N) is 2. The van der Waals surface area contributed by atoms with Gasteiger partial charge in [0.1, 0.15) is 0 Å². The summed E-state index contributed by atoms with van der Waals surface area (Å²) in [5.41, 5.74) is 2.62. The third kappa shape index (κ3) is 2.79. The molecule has 0 unspecified atom stereocenters. The van der Waals surface area contributed by atoms with Gasteiger partial charge in [0.15, 0.2) is 5.82 Å². The Morgan fingerprint density at radius 3 is 2.65 bits per heavy atom. The van der Waals surface area contributed by atoms with E-state index in [1.54, 1.807) is 6.92 Å². The molecular formula is C14H16N4O2. The molecule has 0 bridgehead atoms. The van der Waals surface area contributed by atoms with Crippen molar-refractivity contribution in [3.05, 3.63) is 47.1 Å². The second kappa shape index (κ2) is 5.32. The van der Waals surface area contributed by atoms with Gasteiger partial charge in [0.2, 0.25) is 5.89 Å². The summed E-state index contributed by atoms with van der Waals surface area (Å²) >= 11 is 0. The van der Waals surface area contributed by atoms with Crippen LogP contribution in [0.2, 0.25) is 0 Å². The van der Waals surface area contributed by atoms with Crippen LogP contribution in [0.4, 0.5) is 4.79 Å². The van der Waals surface area contributed by atoms with E-state index in [0.29, 0.717) is 11.7 Å². The minimum Gasteiger partial charge on any atom is -0.337 e. The molecule has 0 spiro atoms. The Morgan fingerprint density at radius 1 is 1.35 bits per heavy atom. The first-order chi connectivity index (χ1) is 9.70. The van der Waals surface area contributed by atoms with Crippen LogP contribution < -0.4 is 10.6 Å². The van der Waals surface area contributed by atoms with Gasteiger partial charge in [0.25, 0.3) is 0 Å². The lowest BCUT2D eigenvalue weighted by atomic mass is 10.1. The van der Waals surface area contributed by atoms with E-state index >= 15 is 0 Å². The molecule has 2 aromatic rings. The van der Waals surface area contributed by atoms with E-state index < -0.39 is 0 Å². The van der Waals surface area contributed by atoms with E-state index in [2.05, 4.69) is 32.9 Å². The zero-order chi connectivity index (χ0) is 13.9. The number of carbonyl (C=O) groups excluding carboxylic acids is 1. The van der Waals surface area contributed by atoms with E-state index in [1.165, 1.54) is 11.1 Å². The number of aromatic nitrogens is 2. The molecule has 20 heavy (non-hydrogen) atoms. The molecule has 6 heteroatoms. The summed E-state index contributed by atoms with van der Waals surface area (Å²) in [6.07, 6.45) is 1.76. The lowest BCUT2D eigenvalue weighted by molar-refractivity contribution is 0.235. The first-order valence-electron chi connectivity index (χ1n) is 6.61. The van der Waals surface area contributed by atoms with Crippen LogP contribution in [0.1, 0.15) is 22.8 Å². The molecular weight excluding hydrogens is 256 g/mol. The van der Waals surface area contributed by atoms with E-state index in [0.717, 1.165) is 12.8 Å². The Balaban J connectivity index is 1.48. The minimum absolute atomic E-state index is 0.150. The molecule has 0 fully saturated rings. The summed E-state index contributed by atoms with van der Waals surface area (Å²) in [7, 11) is 0. The van der Waals surface area contributed by atoms with Gasteiger partial charge in [-0.25, -0.2) is 4.79 Å². The van der Waals surface area contributed by atoms with Crippen molar-refractivity contribution in [1.82, 2.24) is 20.8 Å². The molecule has 2 N–H and O–H groups in total. The average molecular weight is 272 g/mol. The number of fused-ring (bicyclic) bond motifs is 1. The van der Waals surface area contributed by atoms with Gasteiger partial charge in [-0.2, -0.15) is 4.98 Å². The van der Waals surface area contributed by atoms with Crippen molar-refractivity contribution in [3.8, 4) is 0 Å². The van der Waals surface area contributed by atoms with Crippen LogP contribution in [0.15, 0.2) is 28.8 Å². The summed E-state index contributed by atoms with van der Waals surface area (Å²) in [5, 5.41) is 9.35. The fraction of sp³-hybridized carbons (Fsp3) is 0.357. The maximum Gasteiger partial charge on any atom is 0.315 e. The summed E-state index contributed by atoms with van der Waals surface area (Å²) in [4.78, 5) is 15.8. The molecule has 0 saturated carbocycles. The average Bonchev–Trinajstić information content (AvgIpc) is 3.01. The van der Waals surface area contributed by atoms with Crippen molar-refractivity contribution < 1.29 is 9.32 Å². The molecule has 1 aliphatic rings. The van der Waals surface area contributed by atoms with Crippen molar-refractivity contribution in [1.29, 1.82) is 0 Å². The third-order valence-corrected chi connectivity index (χ3v) is 3.36. The number of carbonyl (C=O) groups is 1. The summed E-state index contributed by atoms with van der Waals surface area (Å²) in [6, 6.07) is 8.21. The minimum atomic E-state index is -0.210. The number of benzene rings is 1. The standard InChI is InChI=1S/C14H16N4O2/c1-9-16-13(20-18-9)8-15-14(19)17-12-6-10-4-2-3-5-11(10)7-12/h2-5,12H,6-8H2,1H3,(H2,15,17,19). The number of amides is 2. The van der Waals surface area contributed by atoms with Crippen LogP contribution >= 0.6 is 0 Å². The van der Waals surface area contributed by atoms with Gasteiger partial charge in [-0.05, 0) is 30.9 Å². The summed E-state index contributed by atoms with van der Waals surface area (Å²) < 4.78 is 4.93. The van der Waals surface area contributed by atoms with Crippen molar-refractivity contribution in [2.24, 2.45) is 0 Å². The quantitative estimate of drug-likeness (QED) is 0.883. The molecule has 2 amide bonds. The number of urea groups is 1. The molecule has 6 nitrogen and oxygen atoms in total. The Bertz CT molecular complexity index is 598. The molecule has 1 heterocycles. The number of hydrogen-bond acceptors (Lipinski definition) is 4. The Hall–Kier alpha value is -2.37. The Morgan fingerprint density at radius 2 is 2.05 bits per heavy atom. The Kier molecular flexibility index (Phi) is 3.37. The molecule has 1 aliphatic carbocycles. The highest BCUT2D eigenvalue weighted by molar-refractivity contribution is 5.74. The smallest absolute Gasteiger partial charge is 0.315 e. The van der Waals surface area contributed by atoms with Gasteiger partial charge in [0, 0.05) is 6.04 Å². The molecule has 1 aromatic heterocycles. The zero-order valence-electron chi connectivity index (χ0n) is 11.2. The predicted molar refractivity (Wildman–Crippen MR) is 72.0 cm³/mol. The summed E-state index contributed by atoms with van der Waals surface area (Å²) in [5.74, 6) is 0.973. The SMILES string of the molecule is Cc1noc(CNC(=O)NC2Cc3ccccc3C2)n1. The van der Waals surface area contributed by atoms with Crippen molar-refractivity contribution >= 4 is 6.03 Å². The normalized spacial score (nSPS) is 14.1.